The first-order valence-corrected chi connectivity index (χ1v) is 9.20. The van der Waals surface area contributed by atoms with Crippen LogP contribution < -0.4 is 15.5 Å². The molecule has 0 atom stereocenters. The van der Waals surface area contributed by atoms with Gasteiger partial charge in [-0.05, 0) is 42.5 Å². The third-order valence-corrected chi connectivity index (χ3v) is 4.62. The largest absolute Gasteiger partial charge is 0.378 e. The van der Waals surface area contributed by atoms with Crippen LogP contribution in [-0.2, 0) is 4.74 Å². The van der Waals surface area contributed by atoms with Gasteiger partial charge in [0.2, 0.25) is 5.95 Å². The molecular formula is C20H20ClN5O. The third-order valence-electron chi connectivity index (χ3n) is 4.29. The summed E-state index contributed by atoms with van der Waals surface area (Å²) in [7, 11) is 0. The number of nitrogens with one attached hydrogen (secondary N) is 2. The number of hydrogen-bond acceptors (Lipinski definition) is 6. The molecule has 4 rings (SSSR count). The first-order valence-electron chi connectivity index (χ1n) is 8.82. The summed E-state index contributed by atoms with van der Waals surface area (Å²) < 4.78 is 5.40. The molecule has 0 unspecified atom stereocenters. The molecule has 2 aromatic carbocycles. The van der Waals surface area contributed by atoms with Crippen molar-refractivity contribution in [2.75, 3.05) is 41.8 Å². The molecule has 6 nitrogen and oxygen atoms in total. The van der Waals surface area contributed by atoms with Gasteiger partial charge in [0.25, 0.3) is 0 Å². The highest BCUT2D eigenvalue weighted by Crippen LogP contribution is 2.25. The van der Waals surface area contributed by atoms with Crippen LogP contribution in [0.1, 0.15) is 0 Å². The number of aromatic nitrogens is 2. The number of morpholine rings is 1. The van der Waals surface area contributed by atoms with Crippen molar-refractivity contribution in [2.45, 2.75) is 0 Å². The van der Waals surface area contributed by atoms with Crippen LogP contribution in [0.15, 0.2) is 60.8 Å². The molecule has 138 valence electrons. The second kappa shape index (κ2) is 8.24. The number of hydrogen-bond donors (Lipinski definition) is 2. The molecule has 27 heavy (non-hydrogen) atoms. The SMILES string of the molecule is Clc1ccccc1Nc1ccnc(Nc2ccc(N3CCOCC3)cc2)n1. The summed E-state index contributed by atoms with van der Waals surface area (Å²) in [6.45, 7) is 3.40. The number of nitrogens with zero attached hydrogens (tertiary/aromatic N) is 3. The van der Waals surface area contributed by atoms with Gasteiger partial charge >= 0.3 is 0 Å². The lowest BCUT2D eigenvalue weighted by Crippen LogP contribution is -2.36. The minimum atomic E-state index is 0.520. The Morgan fingerprint density at radius 2 is 1.70 bits per heavy atom. The van der Waals surface area contributed by atoms with Crippen LogP contribution in [-0.4, -0.2) is 36.3 Å². The molecule has 1 fully saturated rings. The molecular weight excluding hydrogens is 362 g/mol. The van der Waals surface area contributed by atoms with Gasteiger partial charge in [-0.2, -0.15) is 4.98 Å². The lowest BCUT2D eigenvalue weighted by atomic mass is 10.2. The maximum Gasteiger partial charge on any atom is 0.229 e. The van der Waals surface area contributed by atoms with E-state index in [4.69, 9.17) is 16.3 Å². The van der Waals surface area contributed by atoms with E-state index in [1.807, 2.05) is 36.4 Å². The number of rotatable bonds is 5. The molecule has 1 saturated heterocycles. The van der Waals surface area contributed by atoms with Crippen molar-refractivity contribution in [3.8, 4) is 0 Å². The Labute approximate surface area is 163 Å². The molecule has 1 aliphatic rings. The lowest BCUT2D eigenvalue weighted by Gasteiger charge is -2.28. The number of para-hydroxylation sites is 1. The zero-order valence-corrected chi connectivity index (χ0v) is 15.5. The van der Waals surface area contributed by atoms with Crippen LogP contribution in [0.5, 0.6) is 0 Å². The minimum Gasteiger partial charge on any atom is -0.378 e. The summed E-state index contributed by atoms with van der Waals surface area (Å²) in [5, 5.41) is 7.09. The van der Waals surface area contributed by atoms with E-state index >= 15 is 0 Å². The Bertz CT molecular complexity index is 897. The van der Waals surface area contributed by atoms with Gasteiger partial charge in [-0.3, -0.25) is 0 Å². The van der Waals surface area contributed by atoms with Crippen LogP contribution >= 0.6 is 11.6 Å². The molecule has 1 aliphatic heterocycles. The molecule has 0 spiro atoms. The van der Waals surface area contributed by atoms with E-state index in [1.165, 1.54) is 5.69 Å². The van der Waals surface area contributed by atoms with Gasteiger partial charge in [0.15, 0.2) is 0 Å². The molecule has 2 N–H and O–H groups in total. The Balaban J connectivity index is 1.44. The topological polar surface area (TPSA) is 62.3 Å². The van der Waals surface area contributed by atoms with Gasteiger partial charge in [-0.15, -0.1) is 0 Å². The van der Waals surface area contributed by atoms with Gasteiger partial charge in [0, 0.05) is 30.7 Å². The maximum atomic E-state index is 6.19. The smallest absolute Gasteiger partial charge is 0.229 e. The second-order valence-corrected chi connectivity index (χ2v) is 6.55. The fourth-order valence-corrected chi connectivity index (χ4v) is 3.08. The number of ether oxygens (including phenoxy) is 1. The van der Waals surface area contributed by atoms with E-state index in [-0.39, 0.29) is 0 Å². The van der Waals surface area contributed by atoms with E-state index < -0.39 is 0 Å². The van der Waals surface area contributed by atoms with E-state index in [0.29, 0.717) is 16.8 Å². The molecule has 0 radical (unpaired) electrons. The Morgan fingerprint density at radius 3 is 2.48 bits per heavy atom. The van der Waals surface area contributed by atoms with Crippen molar-refractivity contribution in [1.29, 1.82) is 0 Å². The number of anilines is 5. The van der Waals surface area contributed by atoms with E-state index in [9.17, 15) is 0 Å². The highest BCUT2D eigenvalue weighted by Gasteiger charge is 2.11. The quantitative estimate of drug-likeness (QED) is 0.680. The molecule has 0 aliphatic carbocycles. The summed E-state index contributed by atoms with van der Waals surface area (Å²) >= 11 is 6.19. The van der Waals surface area contributed by atoms with Gasteiger partial charge in [-0.25, -0.2) is 4.98 Å². The van der Waals surface area contributed by atoms with E-state index in [2.05, 4.69) is 37.6 Å². The molecule has 7 heteroatoms. The van der Waals surface area contributed by atoms with Crippen molar-refractivity contribution >= 4 is 40.4 Å². The van der Waals surface area contributed by atoms with Crippen molar-refractivity contribution in [2.24, 2.45) is 0 Å². The third kappa shape index (κ3) is 4.48. The maximum absolute atomic E-state index is 6.19. The summed E-state index contributed by atoms with van der Waals surface area (Å²) in [5.74, 6) is 1.19. The van der Waals surface area contributed by atoms with Gasteiger partial charge in [0.05, 0.1) is 23.9 Å². The standard InChI is InChI=1S/C20H20ClN5O/c21-17-3-1-2-4-18(17)24-19-9-10-22-20(25-19)23-15-5-7-16(8-6-15)26-11-13-27-14-12-26/h1-10H,11-14H2,(H2,22,23,24,25). The number of halogens is 1. The fourth-order valence-electron chi connectivity index (χ4n) is 2.90. The lowest BCUT2D eigenvalue weighted by molar-refractivity contribution is 0.122. The molecule has 0 amide bonds. The second-order valence-electron chi connectivity index (χ2n) is 6.14. The van der Waals surface area contributed by atoms with Crippen molar-refractivity contribution in [3.63, 3.8) is 0 Å². The normalized spacial score (nSPS) is 14.0. The van der Waals surface area contributed by atoms with Gasteiger partial charge < -0.3 is 20.3 Å². The van der Waals surface area contributed by atoms with E-state index in [0.717, 1.165) is 37.7 Å². The summed E-state index contributed by atoms with van der Waals surface area (Å²) in [6.07, 6.45) is 1.70. The molecule has 1 aromatic heterocycles. The van der Waals surface area contributed by atoms with Crippen LogP contribution in [0.25, 0.3) is 0 Å². The van der Waals surface area contributed by atoms with Crippen LogP contribution in [0.3, 0.4) is 0 Å². The Kier molecular flexibility index (Phi) is 5.37. The molecule has 0 saturated carbocycles. The van der Waals surface area contributed by atoms with Gasteiger partial charge in [-0.1, -0.05) is 23.7 Å². The first kappa shape index (κ1) is 17.6. The predicted octanol–water partition coefficient (Wildman–Crippen LogP) is 4.45. The van der Waals surface area contributed by atoms with Crippen LogP contribution in [0.4, 0.5) is 28.8 Å². The Morgan fingerprint density at radius 1 is 0.926 bits per heavy atom. The zero-order chi connectivity index (χ0) is 18.5. The predicted molar refractivity (Wildman–Crippen MR) is 110 cm³/mol. The average molecular weight is 382 g/mol. The van der Waals surface area contributed by atoms with E-state index in [1.54, 1.807) is 12.3 Å². The highest BCUT2D eigenvalue weighted by atomic mass is 35.5. The zero-order valence-electron chi connectivity index (χ0n) is 14.7. The van der Waals surface area contributed by atoms with Crippen molar-refractivity contribution in [3.05, 3.63) is 65.8 Å². The first-order chi connectivity index (χ1) is 13.3. The van der Waals surface area contributed by atoms with Gasteiger partial charge in [0.1, 0.15) is 5.82 Å². The van der Waals surface area contributed by atoms with Crippen molar-refractivity contribution < 1.29 is 4.74 Å². The molecule has 3 aromatic rings. The Hall–Kier alpha value is -2.83. The van der Waals surface area contributed by atoms with Crippen LogP contribution in [0, 0.1) is 0 Å². The fraction of sp³-hybridized carbons (Fsp3) is 0.200. The summed E-state index contributed by atoms with van der Waals surface area (Å²) in [4.78, 5) is 11.1. The minimum absolute atomic E-state index is 0.520. The van der Waals surface area contributed by atoms with Crippen molar-refractivity contribution in [1.82, 2.24) is 9.97 Å². The van der Waals surface area contributed by atoms with Crippen LogP contribution in [0.2, 0.25) is 5.02 Å². The average Bonchev–Trinajstić information content (AvgIpc) is 2.71. The number of benzene rings is 2. The molecule has 2 heterocycles. The highest BCUT2D eigenvalue weighted by molar-refractivity contribution is 6.33. The summed E-state index contributed by atoms with van der Waals surface area (Å²) in [5.41, 5.74) is 2.93. The summed E-state index contributed by atoms with van der Waals surface area (Å²) in [6, 6.07) is 17.6. The monoisotopic (exact) mass is 381 g/mol. The molecule has 0 bridgehead atoms.